The first kappa shape index (κ1) is 15.6. The third-order valence-corrected chi connectivity index (χ3v) is 4.10. The first-order valence-corrected chi connectivity index (χ1v) is 8.02. The van der Waals surface area contributed by atoms with Gasteiger partial charge in [-0.1, -0.05) is 28.1 Å². The second-order valence-electron chi connectivity index (χ2n) is 5.11. The Hall–Kier alpha value is -2.34. The van der Waals surface area contributed by atoms with Crippen molar-refractivity contribution in [3.8, 4) is 5.75 Å². The fourth-order valence-electron chi connectivity index (χ4n) is 2.41. The molecule has 0 spiro atoms. The number of carbonyl (C=O) groups is 1. The van der Waals surface area contributed by atoms with Crippen LogP contribution in [0.5, 0.6) is 5.75 Å². The number of nitrogens with one attached hydrogen (secondary N) is 2. The van der Waals surface area contributed by atoms with Gasteiger partial charge in [0.2, 0.25) is 5.91 Å². The molecule has 0 aromatic heterocycles. The molecule has 0 bridgehead atoms. The average molecular weight is 374 g/mol. The highest BCUT2D eigenvalue weighted by Gasteiger charge is 2.21. The SMILES string of the molecule is COc1cccc2c1NC(=O)CC/C2=N\Nc1ccc(Br)cc1. The number of anilines is 2. The van der Waals surface area contributed by atoms with E-state index in [2.05, 4.69) is 31.8 Å². The Labute approximate surface area is 142 Å². The summed E-state index contributed by atoms with van der Waals surface area (Å²) in [6.45, 7) is 0. The predicted octanol–water partition coefficient (Wildman–Crippen LogP) is 4.01. The molecule has 5 nitrogen and oxygen atoms in total. The Morgan fingerprint density at radius 1 is 1.17 bits per heavy atom. The first-order chi connectivity index (χ1) is 11.2. The van der Waals surface area contributed by atoms with Crippen LogP contribution in [0, 0.1) is 0 Å². The Kier molecular flexibility index (Phi) is 4.62. The summed E-state index contributed by atoms with van der Waals surface area (Å²) in [7, 11) is 1.59. The molecule has 0 unspecified atom stereocenters. The van der Waals surface area contributed by atoms with Crippen molar-refractivity contribution in [3.63, 3.8) is 0 Å². The molecule has 0 saturated heterocycles. The Balaban J connectivity index is 1.95. The first-order valence-electron chi connectivity index (χ1n) is 7.23. The van der Waals surface area contributed by atoms with Crippen molar-refractivity contribution in [1.82, 2.24) is 0 Å². The number of hydrazone groups is 1. The van der Waals surface area contributed by atoms with E-state index in [9.17, 15) is 4.79 Å². The maximum Gasteiger partial charge on any atom is 0.224 e. The number of amides is 1. The van der Waals surface area contributed by atoms with Crippen molar-refractivity contribution in [2.45, 2.75) is 12.8 Å². The van der Waals surface area contributed by atoms with Crippen molar-refractivity contribution in [2.24, 2.45) is 5.10 Å². The molecular formula is C17H16BrN3O2. The fourth-order valence-corrected chi connectivity index (χ4v) is 2.68. The zero-order valence-electron chi connectivity index (χ0n) is 12.6. The molecule has 118 valence electrons. The summed E-state index contributed by atoms with van der Waals surface area (Å²) >= 11 is 3.40. The smallest absolute Gasteiger partial charge is 0.224 e. The summed E-state index contributed by atoms with van der Waals surface area (Å²) in [5, 5.41) is 7.40. The Bertz CT molecular complexity index is 757. The Morgan fingerprint density at radius 3 is 2.70 bits per heavy atom. The van der Waals surface area contributed by atoms with E-state index in [-0.39, 0.29) is 5.91 Å². The molecule has 1 aliphatic heterocycles. The number of ether oxygens (including phenoxy) is 1. The molecule has 3 rings (SSSR count). The molecule has 23 heavy (non-hydrogen) atoms. The van der Waals surface area contributed by atoms with E-state index in [4.69, 9.17) is 4.74 Å². The van der Waals surface area contributed by atoms with Crippen LogP contribution in [0.3, 0.4) is 0 Å². The molecule has 0 radical (unpaired) electrons. The van der Waals surface area contributed by atoms with Gasteiger partial charge in [0.05, 0.1) is 24.2 Å². The molecule has 2 N–H and O–H groups in total. The monoisotopic (exact) mass is 373 g/mol. The van der Waals surface area contributed by atoms with Crippen LogP contribution in [-0.2, 0) is 4.79 Å². The molecule has 0 fully saturated rings. The van der Waals surface area contributed by atoms with Crippen LogP contribution in [0.25, 0.3) is 0 Å². The minimum absolute atomic E-state index is 0.0374. The topological polar surface area (TPSA) is 62.7 Å². The quantitative estimate of drug-likeness (QED) is 0.799. The maximum absolute atomic E-state index is 11.9. The summed E-state index contributed by atoms with van der Waals surface area (Å²) in [6.07, 6.45) is 0.953. The van der Waals surface area contributed by atoms with Crippen LogP contribution in [0.4, 0.5) is 11.4 Å². The zero-order chi connectivity index (χ0) is 16.2. The van der Waals surface area contributed by atoms with Crippen LogP contribution in [0.2, 0.25) is 0 Å². The van der Waals surface area contributed by atoms with E-state index in [0.717, 1.165) is 21.4 Å². The third kappa shape index (κ3) is 3.53. The lowest BCUT2D eigenvalue weighted by Crippen LogP contribution is -2.10. The van der Waals surface area contributed by atoms with Gasteiger partial charge in [-0.15, -0.1) is 0 Å². The fraction of sp³-hybridized carbons (Fsp3) is 0.176. The van der Waals surface area contributed by atoms with Crippen LogP contribution in [-0.4, -0.2) is 18.7 Å². The van der Waals surface area contributed by atoms with Gasteiger partial charge in [0.25, 0.3) is 0 Å². The molecule has 0 atom stereocenters. The number of hydrogen-bond acceptors (Lipinski definition) is 4. The van der Waals surface area contributed by atoms with E-state index in [0.29, 0.717) is 24.3 Å². The van der Waals surface area contributed by atoms with Crippen molar-refractivity contribution < 1.29 is 9.53 Å². The number of carbonyl (C=O) groups excluding carboxylic acids is 1. The predicted molar refractivity (Wildman–Crippen MR) is 95.2 cm³/mol. The van der Waals surface area contributed by atoms with Gasteiger partial charge in [0.1, 0.15) is 5.75 Å². The highest BCUT2D eigenvalue weighted by Crippen LogP contribution is 2.32. The molecule has 6 heteroatoms. The van der Waals surface area contributed by atoms with Crippen LogP contribution >= 0.6 is 15.9 Å². The highest BCUT2D eigenvalue weighted by molar-refractivity contribution is 9.10. The standard InChI is InChI=1S/C17H16BrN3O2/c1-23-15-4-2-3-13-14(9-10-16(22)19-17(13)15)21-20-12-7-5-11(18)6-8-12/h2-8,20H,9-10H2,1H3,(H,19,22)/b21-14+. The number of nitrogens with zero attached hydrogens (tertiary/aromatic N) is 1. The summed E-state index contributed by atoms with van der Waals surface area (Å²) in [4.78, 5) is 11.9. The molecular weight excluding hydrogens is 358 g/mol. The van der Waals surface area contributed by atoms with Crippen molar-refractivity contribution in [1.29, 1.82) is 0 Å². The molecule has 1 heterocycles. The van der Waals surface area contributed by atoms with E-state index in [1.54, 1.807) is 7.11 Å². The number of methoxy groups -OCH3 is 1. The number of halogens is 1. The van der Waals surface area contributed by atoms with Gasteiger partial charge in [0.15, 0.2) is 0 Å². The number of benzene rings is 2. The lowest BCUT2D eigenvalue weighted by molar-refractivity contribution is -0.116. The third-order valence-electron chi connectivity index (χ3n) is 3.57. The summed E-state index contributed by atoms with van der Waals surface area (Å²) in [5.41, 5.74) is 6.30. The largest absolute Gasteiger partial charge is 0.495 e. The number of hydrogen-bond donors (Lipinski definition) is 2. The van der Waals surface area contributed by atoms with E-state index in [1.807, 2.05) is 42.5 Å². The number of rotatable bonds is 3. The summed E-state index contributed by atoms with van der Waals surface area (Å²) in [5.74, 6) is 0.596. The molecule has 0 aliphatic carbocycles. The molecule has 2 aromatic rings. The lowest BCUT2D eigenvalue weighted by Gasteiger charge is -2.12. The normalized spacial score (nSPS) is 15.6. The Morgan fingerprint density at radius 2 is 1.96 bits per heavy atom. The number of para-hydroxylation sites is 1. The summed E-state index contributed by atoms with van der Waals surface area (Å²) in [6, 6.07) is 13.4. The van der Waals surface area contributed by atoms with Crippen molar-refractivity contribution >= 4 is 38.9 Å². The van der Waals surface area contributed by atoms with Crippen LogP contribution in [0.1, 0.15) is 18.4 Å². The number of fused-ring (bicyclic) bond motifs is 1. The lowest BCUT2D eigenvalue weighted by atomic mass is 10.1. The van der Waals surface area contributed by atoms with Gasteiger partial charge in [-0.25, -0.2) is 0 Å². The van der Waals surface area contributed by atoms with Gasteiger partial charge in [-0.3, -0.25) is 10.2 Å². The molecule has 1 aliphatic rings. The van der Waals surface area contributed by atoms with Gasteiger partial charge in [-0.2, -0.15) is 5.10 Å². The van der Waals surface area contributed by atoms with Gasteiger partial charge in [-0.05, 0) is 30.3 Å². The zero-order valence-corrected chi connectivity index (χ0v) is 14.2. The van der Waals surface area contributed by atoms with Crippen molar-refractivity contribution in [3.05, 3.63) is 52.5 Å². The molecule has 0 saturated carbocycles. The highest BCUT2D eigenvalue weighted by atomic mass is 79.9. The van der Waals surface area contributed by atoms with Gasteiger partial charge in [0, 0.05) is 22.9 Å². The average Bonchev–Trinajstić information content (AvgIpc) is 2.72. The van der Waals surface area contributed by atoms with Gasteiger partial charge >= 0.3 is 0 Å². The second kappa shape index (κ2) is 6.83. The van der Waals surface area contributed by atoms with Crippen LogP contribution < -0.4 is 15.5 Å². The van der Waals surface area contributed by atoms with E-state index < -0.39 is 0 Å². The van der Waals surface area contributed by atoms with Crippen LogP contribution in [0.15, 0.2) is 52.0 Å². The summed E-state index contributed by atoms with van der Waals surface area (Å²) < 4.78 is 6.35. The minimum atomic E-state index is -0.0374. The van der Waals surface area contributed by atoms with E-state index >= 15 is 0 Å². The van der Waals surface area contributed by atoms with E-state index in [1.165, 1.54) is 0 Å². The molecule has 2 aromatic carbocycles. The minimum Gasteiger partial charge on any atom is -0.495 e. The second-order valence-corrected chi connectivity index (χ2v) is 6.02. The maximum atomic E-state index is 11.9. The van der Waals surface area contributed by atoms with Gasteiger partial charge < -0.3 is 10.1 Å². The molecule has 1 amide bonds. The van der Waals surface area contributed by atoms with Crippen molar-refractivity contribution in [2.75, 3.05) is 17.9 Å².